The molecule has 0 aromatic heterocycles. The van der Waals surface area contributed by atoms with Crippen LogP contribution < -0.4 is 5.73 Å². The van der Waals surface area contributed by atoms with Crippen LogP contribution in [0.5, 0.6) is 0 Å². The zero-order chi connectivity index (χ0) is 10.9. The molecule has 78 valence electrons. The lowest BCUT2D eigenvalue weighted by atomic mass is 9.83. The van der Waals surface area contributed by atoms with Crippen LogP contribution >= 0.6 is 15.9 Å². The van der Waals surface area contributed by atoms with Crippen molar-refractivity contribution in [2.45, 2.75) is 26.8 Å². The van der Waals surface area contributed by atoms with Crippen molar-refractivity contribution in [2.75, 3.05) is 0 Å². The molecular formula is C11H15BrFN. The summed E-state index contributed by atoms with van der Waals surface area (Å²) < 4.78 is 14.3. The predicted octanol–water partition coefficient (Wildman–Crippen LogP) is 3.63. The van der Waals surface area contributed by atoms with Gasteiger partial charge in [0.25, 0.3) is 0 Å². The molecule has 1 nitrogen and oxygen atoms in total. The average Bonchev–Trinajstić information content (AvgIpc) is 2.06. The molecule has 0 aliphatic rings. The highest BCUT2D eigenvalue weighted by atomic mass is 79.9. The van der Waals surface area contributed by atoms with Gasteiger partial charge in [-0.05, 0) is 23.6 Å². The largest absolute Gasteiger partial charge is 0.323 e. The van der Waals surface area contributed by atoms with Crippen molar-refractivity contribution in [1.82, 2.24) is 0 Å². The van der Waals surface area contributed by atoms with Gasteiger partial charge in [0.2, 0.25) is 0 Å². The molecule has 3 heteroatoms. The second-order valence-electron chi connectivity index (χ2n) is 4.51. The lowest BCUT2D eigenvalue weighted by Gasteiger charge is -2.27. The minimum atomic E-state index is -0.292. The number of nitrogens with two attached hydrogens (primary N) is 1. The van der Waals surface area contributed by atoms with E-state index in [1.54, 1.807) is 12.1 Å². The maximum Gasteiger partial charge on any atom is 0.128 e. The van der Waals surface area contributed by atoms with Gasteiger partial charge in [0, 0.05) is 16.1 Å². The van der Waals surface area contributed by atoms with Crippen LogP contribution in [0.1, 0.15) is 32.4 Å². The maximum absolute atomic E-state index is 13.4. The van der Waals surface area contributed by atoms with E-state index in [0.717, 1.165) is 4.47 Å². The van der Waals surface area contributed by atoms with Crippen LogP contribution in [-0.4, -0.2) is 0 Å². The summed E-state index contributed by atoms with van der Waals surface area (Å²) in [5, 5.41) is 0. The summed E-state index contributed by atoms with van der Waals surface area (Å²) in [5.41, 5.74) is 6.41. The van der Waals surface area contributed by atoms with Crippen molar-refractivity contribution in [3.8, 4) is 0 Å². The van der Waals surface area contributed by atoms with Gasteiger partial charge in [-0.3, -0.25) is 0 Å². The molecule has 0 heterocycles. The van der Waals surface area contributed by atoms with Gasteiger partial charge in [0.1, 0.15) is 5.82 Å². The Labute approximate surface area is 92.6 Å². The molecule has 0 unspecified atom stereocenters. The molecule has 0 bridgehead atoms. The van der Waals surface area contributed by atoms with Gasteiger partial charge in [-0.2, -0.15) is 0 Å². The third kappa shape index (κ3) is 2.55. The smallest absolute Gasteiger partial charge is 0.128 e. The summed E-state index contributed by atoms with van der Waals surface area (Å²) in [6, 6.07) is 4.56. The standard InChI is InChI=1S/C11H15BrFN/c1-11(2,3)10(14)8-6-7(12)4-5-9(8)13/h4-6,10H,14H2,1-3H3/t10-/m0/s1. The number of halogens is 2. The predicted molar refractivity (Wildman–Crippen MR) is 60.5 cm³/mol. The molecule has 0 amide bonds. The molecule has 0 saturated carbocycles. The van der Waals surface area contributed by atoms with E-state index in [-0.39, 0.29) is 17.3 Å². The molecule has 0 saturated heterocycles. The van der Waals surface area contributed by atoms with E-state index in [1.807, 2.05) is 20.8 Å². The third-order valence-corrected chi connectivity index (χ3v) is 2.72. The van der Waals surface area contributed by atoms with Crippen molar-refractivity contribution in [2.24, 2.45) is 11.1 Å². The van der Waals surface area contributed by atoms with Crippen molar-refractivity contribution in [3.63, 3.8) is 0 Å². The van der Waals surface area contributed by atoms with Crippen LogP contribution in [0.15, 0.2) is 22.7 Å². The highest BCUT2D eigenvalue weighted by Gasteiger charge is 2.24. The van der Waals surface area contributed by atoms with E-state index in [2.05, 4.69) is 15.9 Å². The Balaban J connectivity index is 3.12. The van der Waals surface area contributed by atoms with Crippen molar-refractivity contribution >= 4 is 15.9 Å². The monoisotopic (exact) mass is 259 g/mol. The van der Waals surface area contributed by atoms with Gasteiger partial charge in [0.05, 0.1) is 0 Å². The Kier molecular flexibility index (Phi) is 3.32. The summed E-state index contributed by atoms with van der Waals surface area (Å²) in [4.78, 5) is 0. The lowest BCUT2D eigenvalue weighted by Crippen LogP contribution is -2.27. The molecule has 0 spiro atoms. The maximum atomic E-state index is 13.4. The zero-order valence-corrected chi connectivity index (χ0v) is 10.2. The van der Waals surface area contributed by atoms with Crippen LogP contribution in [0.3, 0.4) is 0 Å². The molecule has 0 aliphatic carbocycles. The first kappa shape index (κ1) is 11.7. The van der Waals surface area contributed by atoms with Gasteiger partial charge in [0.15, 0.2) is 0 Å². The summed E-state index contributed by atoms with van der Waals surface area (Å²) in [6.45, 7) is 5.99. The third-order valence-electron chi connectivity index (χ3n) is 2.23. The topological polar surface area (TPSA) is 26.0 Å². The van der Waals surface area contributed by atoms with E-state index in [9.17, 15) is 4.39 Å². The summed E-state index contributed by atoms with van der Waals surface area (Å²) in [6.07, 6.45) is 0. The van der Waals surface area contributed by atoms with E-state index in [4.69, 9.17) is 5.73 Å². The number of benzene rings is 1. The number of rotatable bonds is 1. The molecule has 1 atom stereocenters. The zero-order valence-electron chi connectivity index (χ0n) is 8.64. The first-order valence-electron chi connectivity index (χ1n) is 4.53. The fourth-order valence-electron chi connectivity index (χ4n) is 1.22. The lowest BCUT2D eigenvalue weighted by molar-refractivity contribution is 0.319. The van der Waals surface area contributed by atoms with Gasteiger partial charge < -0.3 is 5.73 Å². The van der Waals surface area contributed by atoms with Gasteiger partial charge in [-0.15, -0.1) is 0 Å². The van der Waals surface area contributed by atoms with Crippen LogP contribution in [-0.2, 0) is 0 Å². The molecule has 0 fully saturated rings. The van der Waals surface area contributed by atoms with Crippen LogP contribution in [0.4, 0.5) is 4.39 Å². The highest BCUT2D eigenvalue weighted by Crippen LogP contribution is 2.32. The molecule has 0 aliphatic heterocycles. The Morgan fingerprint density at radius 1 is 1.36 bits per heavy atom. The van der Waals surface area contributed by atoms with Crippen LogP contribution in [0.2, 0.25) is 0 Å². The second kappa shape index (κ2) is 3.99. The van der Waals surface area contributed by atoms with Crippen molar-refractivity contribution < 1.29 is 4.39 Å². The molecule has 2 N–H and O–H groups in total. The average molecular weight is 260 g/mol. The Hall–Kier alpha value is -0.410. The van der Waals surface area contributed by atoms with Crippen molar-refractivity contribution in [1.29, 1.82) is 0 Å². The molecule has 1 rings (SSSR count). The first-order valence-corrected chi connectivity index (χ1v) is 5.32. The minimum Gasteiger partial charge on any atom is -0.323 e. The Morgan fingerprint density at radius 3 is 2.43 bits per heavy atom. The fourth-order valence-corrected chi connectivity index (χ4v) is 1.60. The molecule has 0 radical (unpaired) electrons. The summed E-state index contributed by atoms with van der Waals surface area (Å²) >= 11 is 3.31. The molecule has 1 aromatic rings. The highest BCUT2D eigenvalue weighted by molar-refractivity contribution is 9.10. The van der Waals surface area contributed by atoms with Crippen LogP contribution in [0.25, 0.3) is 0 Å². The Bertz CT molecular complexity index is 331. The van der Waals surface area contributed by atoms with Gasteiger partial charge >= 0.3 is 0 Å². The molecule has 14 heavy (non-hydrogen) atoms. The van der Waals surface area contributed by atoms with Gasteiger partial charge in [-0.1, -0.05) is 36.7 Å². The van der Waals surface area contributed by atoms with E-state index in [0.29, 0.717) is 5.56 Å². The van der Waals surface area contributed by atoms with Crippen molar-refractivity contribution in [3.05, 3.63) is 34.1 Å². The molecule has 1 aromatic carbocycles. The molecular weight excluding hydrogens is 245 g/mol. The van der Waals surface area contributed by atoms with E-state index < -0.39 is 0 Å². The summed E-state index contributed by atoms with van der Waals surface area (Å²) in [5.74, 6) is -0.240. The summed E-state index contributed by atoms with van der Waals surface area (Å²) in [7, 11) is 0. The van der Waals surface area contributed by atoms with E-state index in [1.165, 1.54) is 6.07 Å². The number of hydrogen-bond donors (Lipinski definition) is 1. The SMILES string of the molecule is CC(C)(C)[C@@H](N)c1cc(Br)ccc1F. The normalized spacial score (nSPS) is 14.1. The minimum absolute atomic E-state index is 0.137. The Morgan fingerprint density at radius 2 is 1.93 bits per heavy atom. The van der Waals surface area contributed by atoms with Gasteiger partial charge in [-0.25, -0.2) is 4.39 Å². The fraction of sp³-hybridized carbons (Fsp3) is 0.455. The quantitative estimate of drug-likeness (QED) is 0.819. The number of hydrogen-bond acceptors (Lipinski definition) is 1. The second-order valence-corrected chi connectivity index (χ2v) is 5.43. The van der Waals surface area contributed by atoms with E-state index >= 15 is 0 Å². The van der Waals surface area contributed by atoms with Crippen LogP contribution in [0, 0.1) is 11.2 Å². The first-order chi connectivity index (χ1) is 6.32.